The number of hydrogen-bond acceptors (Lipinski definition) is 4. The quantitative estimate of drug-likeness (QED) is 0.225. The monoisotopic (exact) mass is 271 g/mol. The van der Waals surface area contributed by atoms with Crippen molar-refractivity contribution in [3.05, 3.63) is 30.3 Å². The van der Waals surface area contributed by atoms with Gasteiger partial charge in [0.25, 0.3) is 0 Å². The van der Waals surface area contributed by atoms with Crippen LogP contribution < -0.4 is 10.5 Å². The second-order valence-corrected chi connectivity index (χ2v) is 5.53. The molecule has 0 aliphatic carbocycles. The fraction of sp³-hybridized carbons (Fsp3) is 0.364. The molecule has 4 N–H and O–H groups in total. The summed E-state index contributed by atoms with van der Waals surface area (Å²) in [6.07, 6.45) is 1.74. The van der Waals surface area contributed by atoms with Gasteiger partial charge in [-0.15, -0.1) is 0 Å². The Bertz CT molecular complexity index is 486. The molecule has 0 atom stereocenters. The number of rotatable bonds is 7. The molecule has 1 rings (SSSR count). The highest BCUT2D eigenvalue weighted by molar-refractivity contribution is 7.89. The van der Waals surface area contributed by atoms with E-state index in [0.29, 0.717) is 25.8 Å². The van der Waals surface area contributed by atoms with E-state index in [9.17, 15) is 8.42 Å². The molecule has 0 fully saturated rings. The average Bonchev–Trinajstić information content (AvgIpc) is 2.39. The maximum Gasteiger partial charge on any atom is 0.240 e. The Hall–Kier alpha value is -1.60. The molecule has 6 nitrogen and oxygen atoms in total. The topological polar surface area (TPSA) is 105 Å². The Kier molecular flexibility index (Phi) is 5.60. The summed E-state index contributed by atoms with van der Waals surface area (Å²) in [5.41, 5.74) is 5.29. The average molecular weight is 271 g/mol. The van der Waals surface area contributed by atoms with Crippen LogP contribution >= 0.6 is 0 Å². The molecule has 0 aromatic heterocycles. The predicted molar refractivity (Wildman–Crippen MR) is 68.9 cm³/mol. The van der Waals surface area contributed by atoms with Crippen molar-refractivity contribution in [1.29, 1.82) is 0 Å². The molecule has 0 amide bonds. The van der Waals surface area contributed by atoms with E-state index in [4.69, 9.17) is 10.9 Å². The van der Waals surface area contributed by atoms with Crippen molar-refractivity contribution >= 4 is 15.9 Å². The molecule has 0 saturated heterocycles. The van der Waals surface area contributed by atoms with Crippen molar-refractivity contribution < 1.29 is 13.6 Å². The van der Waals surface area contributed by atoms with E-state index in [0.717, 1.165) is 0 Å². The zero-order valence-electron chi connectivity index (χ0n) is 9.91. The molecular weight excluding hydrogens is 254 g/mol. The molecule has 100 valence electrons. The SMILES string of the molecule is NC(CCCCNS(=O)(=O)c1ccccc1)=NO. The summed E-state index contributed by atoms with van der Waals surface area (Å²) in [7, 11) is -3.43. The maximum absolute atomic E-state index is 11.8. The number of unbranched alkanes of at least 4 members (excludes halogenated alkanes) is 1. The van der Waals surface area contributed by atoms with Gasteiger partial charge < -0.3 is 10.9 Å². The van der Waals surface area contributed by atoms with Crippen LogP contribution in [0.3, 0.4) is 0 Å². The van der Waals surface area contributed by atoms with Crippen LogP contribution in [0.5, 0.6) is 0 Å². The van der Waals surface area contributed by atoms with Gasteiger partial charge in [0.05, 0.1) is 4.90 Å². The Labute approximate surface area is 107 Å². The van der Waals surface area contributed by atoms with E-state index in [-0.39, 0.29) is 10.7 Å². The first-order chi connectivity index (χ1) is 8.56. The lowest BCUT2D eigenvalue weighted by atomic mass is 10.2. The summed E-state index contributed by atoms with van der Waals surface area (Å²) >= 11 is 0. The third-order valence-electron chi connectivity index (χ3n) is 2.33. The number of amidine groups is 1. The molecule has 0 spiro atoms. The maximum atomic E-state index is 11.8. The molecule has 0 radical (unpaired) electrons. The summed E-state index contributed by atoms with van der Waals surface area (Å²) in [6, 6.07) is 8.19. The molecule has 0 bridgehead atoms. The summed E-state index contributed by atoms with van der Waals surface area (Å²) in [5.74, 6) is 0.154. The standard InChI is InChI=1S/C11H17N3O3S/c12-11(14-15)8-4-5-9-13-18(16,17)10-6-2-1-3-7-10/h1-3,6-7,13,15H,4-5,8-9H2,(H2,12,14). The van der Waals surface area contributed by atoms with Gasteiger partial charge in [-0.1, -0.05) is 23.4 Å². The number of benzene rings is 1. The van der Waals surface area contributed by atoms with Crippen molar-refractivity contribution in [3.63, 3.8) is 0 Å². The van der Waals surface area contributed by atoms with E-state index in [1.165, 1.54) is 0 Å². The second-order valence-electron chi connectivity index (χ2n) is 3.76. The minimum atomic E-state index is -3.43. The van der Waals surface area contributed by atoms with Crippen molar-refractivity contribution in [2.24, 2.45) is 10.9 Å². The van der Waals surface area contributed by atoms with Gasteiger partial charge in [0.2, 0.25) is 10.0 Å². The molecular formula is C11H17N3O3S. The van der Waals surface area contributed by atoms with E-state index in [1.807, 2.05) is 0 Å². The van der Waals surface area contributed by atoms with Crippen LogP contribution in [0, 0.1) is 0 Å². The van der Waals surface area contributed by atoms with Gasteiger partial charge >= 0.3 is 0 Å². The van der Waals surface area contributed by atoms with Crippen LogP contribution in [0.1, 0.15) is 19.3 Å². The van der Waals surface area contributed by atoms with Gasteiger partial charge in [-0.2, -0.15) is 0 Å². The number of hydrogen-bond donors (Lipinski definition) is 3. The highest BCUT2D eigenvalue weighted by Crippen LogP contribution is 2.07. The van der Waals surface area contributed by atoms with Crippen molar-refractivity contribution in [2.45, 2.75) is 24.2 Å². The van der Waals surface area contributed by atoms with Crippen LogP contribution in [-0.2, 0) is 10.0 Å². The normalized spacial score (nSPS) is 12.6. The lowest BCUT2D eigenvalue weighted by molar-refractivity contribution is 0.316. The largest absolute Gasteiger partial charge is 0.409 e. The third kappa shape index (κ3) is 4.72. The van der Waals surface area contributed by atoms with Crippen LogP contribution in [0.25, 0.3) is 0 Å². The number of nitrogens with two attached hydrogens (primary N) is 1. The van der Waals surface area contributed by atoms with Gasteiger partial charge in [-0.25, -0.2) is 13.1 Å². The smallest absolute Gasteiger partial charge is 0.240 e. The molecule has 0 aliphatic rings. The fourth-order valence-electron chi connectivity index (χ4n) is 1.37. The highest BCUT2D eigenvalue weighted by atomic mass is 32.2. The van der Waals surface area contributed by atoms with E-state index >= 15 is 0 Å². The van der Waals surface area contributed by atoms with E-state index in [1.54, 1.807) is 30.3 Å². The number of oxime groups is 1. The molecule has 1 aromatic rings. The highest BCUT2D eigenvalue weighted by Gasteiger charge is 2.11. The van der Waals surface area contributed by atoms with Gasteiger partial charge in [-0.3, -0.25) is 0 Å². The molecule has 0 unspecified atom stereocenters. The lowest BCUT2D eigenvalue weighted by Gasteiger charge is -2.06. The van der Waals surface area contributed by atoms with Crippen molar-refractivity contribution in [1.82, 2.24) is 4.72 Å². The minimum Gasteiger partial charge on any atom is -0.409 e. The zero-order valence-corrected chi connectivity index (χ0v) is 10.7. The first kappa shape index (κ1) is 14.5. The zero-order chi connectivity index (χ0) is 13.4. The number of nitrogens with zero attached hydrogens (tertiary/aromatic N) is 1. The number of nitrogens with one attached hydrogen (secondary N) is 1. The Morgan fingerprint density at radius 3 is 2.56 bits per heavy atom. The summed E-state index contributed by atoms with van der Waals surface area (Å²) in [5, 5.41) is 11.2. The third-order valence-corrected chi connectivity index (χ3v) is 3.81. The Balaban J connectivity index is 2.35. The van der Waals surface area contributed by atoms with Crippen LogP contribution in [0.4, 0.5) is 0 Å². The summed E-state index contributed by atoms with van der Waals surface area (Å²) < 4.78 is 26.1. The molecule has 0 heterocycles. The van der Waals surface area contributed by atoms with Crippen molar-refractivity contribution in [2.75, 3.05) is 6.54 Å². The van der Waals surface area contributed by atoms with Crippen LogP contribution in [0.2, 0.25) is 0 Å². The predicted octanol–water partition coefficient (Wildman–Crippen LogP) is 0.882. The van der Waals surface area contributed by atoms with E-state index in [2.05, 4.69) is 9.88 Å². The van der Waals surface area contributed by atoms with Gasteiger partial charge in [0, 0.05) is 13.0 Å². The molecule has 0 aliphatic heterocycles. The summed E-state index contributed by atoms with van der Waals surface area (Å²) in [4.78, 5) is 0.251. The van der Waals surface area contributed by atoms with Gasteiger partial charge in [-0.05, 0) is 25.0 Å². The minimum absolute atomic E-state index is 0.154. The van der Waals surface area contributed by atoms with Crippen molar-refractivity contribution in [3.8, 4) is 0 Å². The summed E-state index contributed by atoms with van der Waals surface area (Å²) in [6.45, 7) is 0.329. The number of sulfonamides is 1. The van der Waals surface area contributed by atoms with Crippen LogP contribution in [-0.4, -0.2) is 26.0 Å². The first-order valence-electron chi connectivity index (χ1n) is 5.57. The van der Waals surface area contributed by atoms with E-state index < -0.39 is 10.0 Å². The Morgan fingerprint density at radius 1 is 1.28 bits per heavy atom. The first-order valence-corrected chi connectivity index (χ1v) is 7.05. The van der Waals surface area contributed by atoms with Crippen LogP contribution in [0.15, 0.2) is 40.4 Å². The molecule has 0 saturated carbocycles. The Morgan fingerprint density at radius 2 is 1.94 bits per heavy atom. The van der Waals surface area contributed by atoms with Gasteiger partial charge in [0.15, 0.2) is 0 Å². The molecule has 1 aromatic carbocycles. The van der Waals surface area contributed by atoms with Gasteiger partial charge in [0.1, 0.15) is 5.84 Å². The fourth-order valence-corrected chi connectivity index (χ4v) is 2.47. The molecule has 7 heteroatoms. The second kappa shape index (κ2) is 6.97. The lowest BCUT2D eigenvalue weighted by Crippen LogP contribution is -2.25. The molecule has 18 heavy (non-hydrogen) atoms.